The molecule has 0 aliphatic rings. The van der Waals surface area contributed by atoms with E-state index in [-0.39, 0.29) is 0 Å². The summed E-state index contributed by atoms with van der Waals surface area (Å²) >= 11 is 3.38. The number of carboxylic acids is 1. The average molecular weight is 274 g/mol. The Morgan fingerprint density at radius 2 is 2.47 bits per heavy atom. The quantitative estimate of drug-likeness (QED) is 0.710. The number of carboxylic acid groups (broad SMARTS) is 1. The van der Waals surface area contributed by atoms with Crippen LogP contribution in [0.5, 0.6) is 0 Å². The highest BCUT2D eigenvalue weighted by atomic mass is 32.2. The number of thiazole rings is 1. The van der Waals surface area contributed by atoms with Crippen molar-refractivity contribution in [3.8, 4) is 0 Å². The summed E-state index contributed by atoms with van der Waals surface area (Å²) in [6.45, 7) is 2.14. The van der Waals surface area contributed by atoms with Crippen LogP contribution < -0.4 is 5.73 Å². The van der Waals surface area contributed by atoms with E-state index in [1.807, 2.05) is 0 Å². The van der Waals surface area contributed by atoms with Gasteiger partial charge < -0.3 is 10.8 Å². The van der Waals surface area contributed by atoms with Crippen LogP contribution in [0.1, 0.15) is 30.5 Å². The van der Waals surface area contributed by atoms with Crippen molar-refractivity contribution in [2.24, 2.45) is 5.73 Å². The minimum absolute atomic E-state index is 0.506. The van der Waals surface area contributed by atoms with Crippen molar-refractivity contribution in [2.75, 3.05) is 5.75 Å². The van der Waals surface area contributed by atoms with Gasteiger partial charge in [0.05, 0.1) is 10.7 Å². The molecule has 0 saturated carbocycles. The van der Waals surface area contributed by atoms with E-state index < -0.39 is 12.0 Å². The van der Waals surface area contributed by atoms with Crippen molar-refractivity contribution < 1.29 is 9.90 Å². The fraction of sp³-hybridized carbons (Fsp3) is 0.636. The van der Waals surface area contributed by atoms with Crippen LogP contribution in [-0.2, 0) is 17.0 Å². The lowest BCUT2D eigenvalue weighted by molar-refractivity contribution is -0.138. The number of thioether (sulfide) groups is 1. The van der Waals surface area contributed by atoms with Gasteiger partial charge in [-0.05, 0) is 25.0 Å². The molecule has 0 saturated heterocycles. The van der Waals surface area contributed by atoms with Gasteiger partial charge in [0, 0.05) is 11.1 Å². The minimum Gasteiger partial charge on any atom is -0.480 e. The highest BCUT2D eigenvalue weighted by molar-refractivity contribution is 7.98. The van der Waals surface area contributed by atoms with Crippen LogP contribution in [0.3, 0.4) is 0 Å². The van der Waals surface area contributed by atoms with Crippen LogP contribution in [0, 0.1) is 0 Å². The van der Waals surface area contributed by atoms with Gasteiger partial charge in [-0.1, -0.05) is 6.92 Å². The predicted octanol–water partition coefficient (Wildman–Crippen LogP) is 2.13. The Hall–Kier alpha value is -0.590. The summed E-state index contributed by atoms with van der Waals surface area (Å²) in [6.07, 6.45) is 2.67. The molecule has 0 radical (unpaired) electrons. The molecule has 3 N–H and O–H groups in total. The normalized spacial score (nSPS) is 12.6. The monoisotopic (exact) mass is 274 g/mol. The van der Waals surface area contributed by atoms with E-state index in [4.69, 9.17) is 10.8 Å². The molecule has 1 aromatic heterocycles. The summed E-state index contributed by atoms with van der Waals surface area (Å²) in [5.74, 6) is 0.671. The van der Waals surface area contributed by atoms with Crippen molar-refractivity contribution in [3.05, 3.63) is 16.1 Å². The van der Waals surface area contributed by atoms with Gasteiger partial charge in [-0.3, -0.25) is 4.79 Å². The molecular formula is C11H18N2O2S2. The highest BCUT2D eigenvalue weighted by Gasteiger charge is 2.10. The predicted molar refractivity (Wildman–Crippen MR) is 72.5 cm³/mol. The van der Waals surface area contributed by atoms with E-state index in [1.165, 1.54) is 5.01 Å². The smallest absolute Gasteiger partial charge is 0.320 e. The highest BCUT2D eigenvalue weighted by Crippen LogP contribution is 2.17. The van der Waals surface area contributed by atoms with Gasteiger partial charge in [0.25, 0.3) is 0 Å². The first-order valence-electron chi connectivity index (χ1n) is 5.63. The molecule has 0 spiro atoms. The number of aliphatic carboxylic acids is 1. The SMILES string of the molecule is CCCc1nc(CSCCC(N)C(=O)O)cs1. The lowest BCUT2D eigenvalue weighted by Gasteiger charge is -2.04. The number of hydrogen-bond acceptors (Lipinski definition) is 5. The first-order chi connectivity index (χ1) is 8.13. The number of rotatable bonds is 8. The van der Waals surface area contributed by atoms with Gasteiger partial charge >= 0.3 is 5.97 Å². The van der Waals surface area contributed by atoms with Crippen LogP contribution in [0.2, 0.25) is 0 Å². The number of nitrogens with two attached hydrogens (primary N) is 1. The third-order valence-electron chi connectivity index (χ3n) is 2.20. The third kappa shape index (κ3) is 5.52. The van der Waals surface area contributed by atoms with Crippen LogP contribution in [0.15, 0.2) is 5.38 Å². The molecule has 1 unspecified atom stereocenters. The maximum absolute atomic E-state index is 10.5. The Morgan fingerprint density at radius 1 is 1.71 bits per heavy atom. The number of aromatic nitrogens is 1. The number of hydrogen-bond donors (Lipinski definition) is 2. The van der Waals surface area contributed by atoms with Crippen molar-refractivity contribution in [1.29, 1.82) is 0 Å². The molecule has 0 aliphatic carbocycles. The molecule has 0 bridgehead atoms. The first kappa shape index (κ1) is 14.5. The molecule has 17 heavy (non-hydrogen) atoms. The Bertz CT molecular complexity index is 355. The van der Waals surface area contributed by atoms with Crippen molar-refractivity contribution in [3.63, 3.8) is 0 Å². The van der Waals surface area contributed by atoms with E-state index in [0.717, 1.165) is 30.0 Å². The zero-order valence-electron chi connectivity index (χ0n) is 9.89. The minimum atomic E-state index is -0.926. The van der Waals surface area contributed by atoms with E-state index in [2.05, 4.69) is 17.3 Å². The summed E-state index contributed by atoms with van der Waals surface area (Å²) in [6, 6.07) is -0.742. The van der Waals surface area contributed by atoms with Gasteiger partial charge in [0.2, 0.25) is 0 Å². The van der Waals surface area contributed by atoms with Crippen LogP contribution in [0.25, 0.3) is 0 Å². The number of nitrogens with zero attached hydrogens (tertiary/aromatic N) is 1. The standard InChI is InChI=1S/C11H18N2O2S2/c1-2-3-10-13-8(7-17-10)6-16-5-4-9(12)11(14)15/h7,9H,2-6,12H2,1H3,(H,14,15). The van der Waals surface area contributed by atoms with Crippen molar-refractivity contribution in [1.82, 2.24) is 4.98 Å². The number of carbonyl (C=O) groups is 1. The van der Waals surface area contributed by atoms with Crippen LogP contribution in [-0.4, -0.2) is 27.9 Å². The second-order valence-corrected chi connectivity index (χ2v) is 5.82. The summed E-state index contributed by atoms with van der Waals surface area (Å²) in [5.41, 5.74) is 6.50. The Labute approximate surface area is 110 Å². The average Bonchev–Trinajstić information content (AvgIpc) is 2.72. The summed E-state index contributed by atoms with van der Waals surface area (Å²) in [5, 5.41) is 11.9. The van der Waals surface area contributed by atoms with Gasteiger partial charge in [-0.25, -0.2) is 4.98 Å². The molecule has 1 rings (SSSR count). The molecule has 1 aromatic rings. The lowest BCUT2D eigenvalue weighted by Crippen LogP contribution is -2.30. The molecule has 6 heteroatoms. The third-order valence-corrected chi connectivity index (χ3v) is 4.19. The zero-order chi connectivity index (χ0) is 12.7. The van der Waals surface area contributed by atoms with E-state index >= 15 is 0 Å². The Kier molecular flexibility index (Phi) is 6.54. The summed E-state index contributed by atoms with van der Waals surface area (Å²) in [7, 11) is 0. The molecular weight excluding hydrogens is 256 g/mol. The zero-order valence-corrected chi connectivity index (χ0v) is 11.5. The molecule has 0 aromatic carbocycles. The van der Waals surface area contributed by atoms with Gasteiger partial charge in [0.1, 0.15) is 6.04 Å². The van der Waals surface area contributed by atoms with E-state index in [9.17, 15) is 4.79 Å². The molecule has 1 atom stereocenters. The van der Waals surface area contributed by atoms with Crippen molar-refractivity contribution >= 4 is 29.1 Å². The molecule has 0 aliphatic heterocycles. The van der Waals surface area contributed by atoms with Gasteiger partial charge in [0.15, 0.2) is 0 Å². The van der Waals surface area contributed by atoms with Crippen LogP contribution >= 0.6 is 23.1 Å². The first-order valence-corrected chi connectivity index (χ1v) is 7.66. The maximum Gasteiger partial charge on any atom is 0.320 e. The molecule has 0 amide bonds. The topological polar surface area (TPSA) is 76.2 Å². The molecule has 0 fully saturated rings. The van der Waals surface area contributed by atoms with Gasteiger partial charge in [-0.2, -0.15) is 11.8 Å². The molecule has 1 heterocycles. The Balaban J connectivity index is 2.19. The van der Waals surface area contributed by atoms with E-state index in [0.29, 0.717) is 6.42 Å². The number of aryl methyl sites for hydroxylation is 1. The fourth-order valence-electron chi connectivity index (χ4n) is 1.25. The molecule has 96 valence electrons. The summed E-state index contributed by atoms with van der Waals surface area (Å²) < 4.78 is 0. The van der Waals surface area contributed by atoms with Crippen LogP contribution in [0.4, 0.5) is 0 Å². The molecule has 4 nitrogen and oxygen atoms in total. The lowest BCUT2D eigenvalue weighted by atomic mass is 10.2. The van der Waals surface area contributed by atoms with E-state index in [1.54, 1.807) is 23.1 Å². The largest absolute Gasteiger partial charge is 0.480 e. The second-order valence-electron chi connectivity index (χ2n) is 3.77. The second kappa shape index (κ2) is 7.68. The summed E-state index contributed by atoms with van der Waals surface area (Å²) in [4.78, 5) is 15.0. The maximum atomic E-state index is 10.5. The van der Waals surface area contributed by atoms with Crippen molar-refractivity contribution in [2.45, 2.75) is 38.0 Å². The Morgan fingerprint density at radius 3 is 3.12 bits per heavy atom. The fourth-order valence-corrected chi connectivity index (χ4v) is 3.18. The van der Waals surface area contributed by atoms with Gasteiger partial charge in [-0.15, -0.1) is 11.3 Å².